The van der Waals surface area contributed by atoms with Crippen molar-refractivity contribution in [3.8, 4) is 11.5 Å². The number of nitrogens with one attached hydrogen (secondary N) is 1. The van der Waals surface area contributed by atoms with Crippen molar-refractivity contribution in [3.63, 3.8) is 0 Å². The lowest BCUT2D eigenvalue weighted by molar-refractivity contribution is -0.128. The van der Waals surface area contributed by atoms with Crippen LogP contribution >= 0.6 is 0 Å². The van der Waals surface area contributed by atoms with Gasteiger partial charge in [-0.15, -0.1) is 0 Å². The number of hydrogen-bond acceptors (Lipinski definition) is 4. The first-order valence-electron chi connectivity index (χ1n) is 10.5. The number of aryl methyl sites for hydroxylation is 1. The van der Waals surface area contributed by atoms with Crippen molar-refractivity contribution in [2.24, 2.45) is 0 Å². The maximum absolute atomic E-state index is 12.5. The van der Waals surface area contributed by atoms with Gasteiger partial charge in [0, 0.05) is 19.6 Å². The second-order valence-corrected chi connectivity index (χ2v) is 7.81. The highest BCUT2D eigenvalue weighted by Gasteiger charge is 2.19. The van der Waals surface area contributed by atoms with Crippen LogP contribution in [0.3, 0.4) is 0 Å². The Morgan fingerprint density at radius 1 is 1.07 bits per heavy atom. The molecule has 1 aliphatic heterocycles. The summed E-state index contributed by atoms with van der Waals surface area (Å²) in [7, 11) is 2.15. The van der Waals surface area contributed by atoms with Crippen LogP contribution in [0.1, 0.15) is 37.3 Å². The highest BCUT2D eigenvalue weighted by atomic mass is 16.5. The third-order valence-electron chi connectivity index (χ3n) is 5.32. The van der Waals surface area contributed by atoms with Gasteiger partial charge >= 0.3 is 0 Å². The number of benzene rings is 2. The van der Waals surface area contributed by atoms with E-state index in [9.17, 15) is 4.79 Å². The van der Waals surface area contributed by atoms with E-state index in [4.69, 9.17) is 9.47 Å². The molecule has 0 aliphatic carbocycles. The smallest absolute Gasteiger partial charge is 0.261 e. The molecular formula is C24H32N2O3. The first-order chi connectivity index (χ1) is 14.0. The molecule has 0 unspecified atom stereocenters. The van der Waals surface area contributed by atoms with Gasteiger partial charge in [-0.1, -0.05) is 36.8 Å². The number of rotatable bonds is 8. The minimum Gasteiger partial charge on any atom is -0.490 e. The van der Waals surface area contributed by atoms with Gasteiger partial charge in [-0.05, 0) is 63.1 Å². The number of piperidine rings is 1. The molecule has 1 atom stereocenters. The van der Waals surface area contributed by atoms with Gasteiger partial charge in [-0.25, -0.2) is 0 Å². The maximum Gasteiger partial charge on any atom is 0.261 e. The van der Waals surface area contributed by atoms with E-state index in [0.717, 1.165) is 42.8 Å². The van der Waals surface area contributed by atoms with Gasteiger partial charge in [-0.3, -0.25) is 4.79 Å². The number of likely N-dealkylation sites (tertiary alicyclic amines) is 1. The third kappa shape index (κ3) is 6.50. The Morgan fingerprint density at radius 2 is 1.69 bits per heavy atom. The Balaban J connectivity index is 1.46. The highest BCUT2D eigenvalue weighted by molar-refractivity contribution is 5.81. The van der Waals surface area contributed by atoms with Crippen LogP contribution in [0.4, 0.5) is 0 Å². The van der Waals surface area contributed by atoms with E-state index in [1.54, 1.807) is 0 Å². The second-order valence-electron chi connectivity index (χ2n) is 7.81. The lowest BCUT2D eigenvalue weighted by Crippen LogP contribution is -2.37. The summed E-state index contributed by atoms with van der Waals surface area (Å²) in [6, 6.07) is 15.7. The van der Waals surface area contributed by atoms with Crippen molar-refractivity contribution in [2.75, 3.05) is 20.1 Å². The molecule has 3 rings (SSSR count). The molecule has 5 heteroatoms. The molecule has 0 saturated carbocycles. The molecule has 1 N–H and O–H groups in total. The van der Waals surface area contributed by atoms with Crippen LogP contribution in [0.2, 0.25) is 0 Å². The zero-order chi connectivity index (χ0) is 20.6. The van der Waals surface area contributed by atoms with Crippen LogP contribution in [0, 0.1) is 6.92 Å². The van der Waals surface area contributed by atoms with E-state index in [0.29, 0.717) is 24.8 Å². The van der Waals surface area contributed by atoms with Gasteiger partial charge in [0.15, 0.2) is 6.10 Å². The molecule has 156 valence electrons. The summed E-state index contributed by atoms with van der Waals surface area (Å²) in [4.78, 5) is 14.8. The van der Waals surface area contributed by atoms with Gasteiger partial charge in [-0.2, -0.15) is 0 Å². The van der Waals surface area contributed by atoms with Crippen LogP contribution in [0.5, 0.6) is 11.5 Å². The van der Waals surface area contributed by atoms with Crippen LogP contribution in [0.15, 0.2) is 48.5 Å². The second kappa shape index (κ2) is 10.3. The van der Waals surface area contributed by atoms with Gasteiger partial charge in [0.2, 0.25) is 0 Å². The number of hydrogen-bond donors (Lipinski definition) is 1. The number of carbonyl (C=O) groups is 1. The van der Waals surface area contributed by atoms with Crippen molar-refractivity contribution in [1.82, 2.24) is 10.2 Å². The molecular weight excluding hydrogens is 364 g/mol. The molecule has 0 bridgehead atoms. The van der Waals surface area contributed by atoms with Crippen molar-refractivity contribution in [2.45, 2.75) is 51.9 Å². The standard InChI is InChI=1S/C24H32N2O3/c1-4-23(29-21-9-5-18(2)6-10-21)24(27)25-17-19-7-11-20(12-8-19)28-22-13-15-26(3)16-14-22/h5-12,22-23H,4,13-17H2,1-3H3,(H,25,27)/t23-/m1/s1. The van der Waals surface area contributed by atoms with Crippen LogP contribution < -0.4 is 14.8 Å². The summed E-state index contributed by atoms with van der Waals surface area (Å²) in [6.07, 6.45) is 2.54. The third-order valence-corrected chi connectivity index (χ3v) is 5.32. The fraction of sp³-hybridized carbons (Fsp3) is 0.458. The van der Waals surface area contributed by atoms with Gasteiger partial charge in [0.25, 0.3) is 5.91 Å². The van der Waals surface area contributed by atoms with E-state index >= 15 is 0 Å². The number of carbonyl (C=O) groups excluding carboxylic acids is 1. The summed E-state index contributed by atoms with van der Waals surface area (Å²) >= 11 is 0. The largest absolute Gasteiger partial charge is 0.490 e. The van der Waals surface area contributed by atoms with Crippen molar-refractivity contribution in [1.29, 1.82) is 0 Å². The molecule has 1 heterocycles. The average Bonchev–Trinajstić information content (AvgIpc) is 2.74. The lowest BCUT2D eigenvalue weighted by atomic mass is 10.1. The lowest BCUT2D eigenvalue weighted by Gasteiger charge is -2.29. The molecule has 1 saturated heterocycles. The molecule has 1 fully saturated rings. The van der Waals surface area contributed by atoms with E-state index < -0.39 is 6.10 Å². The zero-order valence-corrected chi connectivity index (χ0v) is 17.7. The fourth-order valence-corrected chi connectivity index (χ4v) is 3.39. The fourth-order valence-electron chi connectivity index (χ4n) is 3.39. The number of amides is 1. The minimum atomic E-state index is -0.496. The Hall–Kier alpha value is -2.53. The van der Waals surface area contributed by atoms with Gasteiger partial charge < -0.3 is 19.7 Å². The Morgan fingerprint density at radius 3 is 2.31 bits per heavy atom. The quantitative estimate of drug-likeness (QED) is 0.734. The summed E-state index contributed by atoms with van der Waals surface area (Å²) in [5.41, 5.74) is 2.21. The van der Waals surface area contributed by atoms with Crippen molar-refractivity contribution >= 4 is 5.91 Å². The summed E-state index contributed by atoms with van der Waals surface area (Å²) in [5.74, 6) is 1.51. The summed E-state index contributed by atoms with van der Waals surface area (Å²) < 4.78 is 11.9. The topological polar surface area (TPSA) is 50.8 Å². The van der Waals surface area contributed by atoms with Gasteiger partial charge in [0.05, 0.1) is 0 Å². The molecule has 2 aromatic rings. The minimum absolute atomic E-state index is 0.0975. The Kier molecular flexibility index (Phi) is 7.53. The van der Waals surface area contributed by atoms with Gasteiger partial charge in [0.1, 0.15) is 17.6 Å². The van der Waals surface area contributed by atoms with Crippen molar-refractivity contribution in [3.05, 3.63) is 59.7 Å². The number of ether oxygens (including phenoxy) is 2. The monoisotopic (exact) mass is 396 g/mol. The average molecular weight is 397 g/mol. The van der Waals surface area contributed by atoms with E-state index in [-0.39, 0.29) is 5.91 Å². The Bertz CT molecular complexity index is 766. The normalized spacial score (nSPS) is 16.2. The molecule has 29 heavy (non-hydrogen) atoms. The predicted octanol–water partition coefficient (Wildman–Crippen LogP) is 3.94. The van der Waals surface area contributed by atoms with Crippen LogP contribution in [-0.4, -0.2) is 43.2 Å². The molecule has 5 nitrogen and oxygen atoms in total. The molecule has 2 aromatic carbocycles. The summed E-state index contributed by atoms with van der Waals surface area (Å²) in [6.45, 7) is 6.61. The van der Waals surface area contributed by atoms with Crippen LogP contribution in [0.25, 0.3) is 0 Å². The first-order valence-corrected chi connectivity index (χ1v) is 10.5. The molecule has 1 aliphatic rings. The molecule has 0 radical (unpaired) electrons. The molecule has 0 aromatic heterocycles. The van der Waals surface area contributed by atoms with E-state index in [1.165, 1.54) is 0 Å². The molecule has 0 spiro atoms. The van der Waals surface area contributed by atoms with E-state index in [1.807, 2.05) is 62.4 Å². The summed E-state index contributed by atoms with van der Waals surface area (Å²) in [5, 5.41) is 2.98. The predicted molar refractivity (Wildman–Crippen MR) is 115 cm³/mol. The zero-order valence-electron chi connectivity index (χ0n) is 17.7. The molecule has 1 amide bonds. The number of nitrogens with zero attached hydrogens (tertiary/aromatic N) is 1. The van der Waals surface area contributed by atoms with E-state index in [2.05, 4.69) is 17.3 Å². The Labute approximate surface area is 174 Å². The first kappa shape index (κ1) is 21.2. The maximum atomic E-state index is 12.5. The SMILES string of the molecule is CC[C@@H](Oc1ccc(C)cc1)C(=O)NCc1ccc(OC2CCN(C)CC2)cc1. The van der Waals surface area contributed by atoms with Crippen LogP contribution in [-0.2, 0) is 11.3 Å². The van der Waals surface area contributed by atoms with Crippen molar-refractivity contribution < 1.29 is 14.3 Å². The highest BCUT2D eigenvalue weighted by Crippen LogP contribution is 2.19.